The molecule has 0 saturated carbocycles. The SMILES string of the molecule is CCOc1ccccc1OCc1nc(Cl)c2ccsc2n1. The molecule has 0 spiro atoms. The topological polar surface area (TPSA) is 44.2 Å². The monoisotopic (exact) mass is 320 g/mol. The van der Waals surface area contributed by atoms with Crippen molar-refractivity contribution < 1.29 is 9.47 Å². The van der Waals surface area contributed by atoms with E-state index >= 15 is 0 Å². The summed E-state index contributed by atoms with van der Waals surface area (Å²) in [6, 6.07) is 9.44. The lowest BCUT2D eigenvalue weighted by Crippen LogP contribution is -2.03. The van der Waals surface area contributed by atoms with Crippen LogP contribution in [0.5, 0.6) is 11.5 Å². The van der Waals surface area contributed by atoms with Crippen molar-refractivity contribution in [3.63, 3.8) is 0 Å². The molecule has 0 N–H and O–H groups in total. The fourth-order valence-corrected chi connectivity index (χ4v) is 3.00. The zero-order chi connectivity index (χ0) is 14.7. The van der Waals surface area contributed by atoms with Gasteiger partial charge in [0.2, 0.25) is 0 Å². The molecular weight excluding hydrogens is 308 g/mol. The van der Waals surface area contributed by atoms with E-state index in [4.69, 9.17) is 21.1 Å². The predicted octanol–water partition coefficient (Wildman–Crippen LogP) is 4.32. The smallest absolute Gasteiger partial charge is 0.169 e. The molecule has 3 rings (SSSR count). The molecule has 1 aromatic carbocycles. The Morgan fingerprint density at radius 1 is 1.10 bits per heavy atom. The molecule has 0 fully saturated rings. The van der Waals surface area contributed by atoms with Crippen LogP contribution in [0, 0.1) is 0 Å². The lowest BCUT2D eigenvalue weighted by molar-refractivity contribution is 0.263. The van der Waals surface area contributed by atoms with Crippen LogP contribution >= 0.6 is 22.9 Å². The summed E-state index contributed by atoms with van der Waals surface area (Å²) in [5.74, 6) is 1.94. The minimum atomic E-state index is 0.248. The minimum absolute atomic E-state index is 0.248. The second-order valence-corrected chi connectivity index (χ2v) is 5.49. The Balaban J connectivity index is 1.80. The quantitative estimate of drug-likeness (QED) is 0.657. The van der Waals surface area contributed by atoms with E-state index < -0.39 is 0 Å². The molecule has 0 bridgehead atoms. The van der Waals surface area contributed by atoms with Crippen LogP contribution in [-0.2, 0) is 6.61 Å². The summed E-state index contributed by atoms with van der Waals surface area (Å²) in [5.41, 5.74) is 0. The summed E-state index contributed by atoms with van der Waals surface area (Å²) in [6.45, 7) is 2.77. The van der Waals surface area contributed by atoms with Crippen molar-refractivity contribution in [2.45, 2.75) is 13.5 Å². The Kier molecular flexibility index (Phi) is 4.22. The summed E-state index contributed by atoms with van der Waals surface area (Å²) < 4.78 is 11.3. The first-order valence-corrected chi connectivity index (χ1v) is 7.78. The van der Waals surface area contributed by atoms with Crippen LogP contribution in [0.15, 0.2) is 35.7 Å². The Hall–Kier alpha value is -1.85. The van der Waals surface area contributed by atoms with Crippen molar-refractivity contribution in [3.05, 3.63) is 46.7 Å². The van der Waals surface area contributed by atoms with Gasteiger partial charge in [0.15, 0.2) is 17.3 Å². The fraction of sp³-hybridized carbons (Fsp3) is 0.200. The Morgan fingerprint density at radius 3 is 2.62 bits per heavy atom. The van der Waals surface area contributed by atoms with Crippen molar-refractivity contribution in [1.29, 1.82) is 0 Å². The van der Waals surface area contributed by atoms with Gasteiger partial charge in [-0.1, -0.05) is 23.7 Å². The molecule has 0 aliphatic carbocycles. The van der Waals surface area contributed by atoms with E-state index in [1.165, 1.54) is 11.3 Å². The van der Waals surface area contributed by atoms with Crippen molar-refractivity contribution in [2.75, 3.05) is 6.61 Å². The third kappa shape index (κ3) is 3.09. The molecular formula is C15H13ClN2O2S. The van der Waals surface area contributed by atoms with Crippen molar-refractivity contribution >= 4 is 33.2 Å². The van der Waals surface area contributed by atoms with E-state index in [9.17, 15) is 0 Å². The fourth-order valence-electron chi connectivity index (χ4n) is 1.91. The van der Waals surface area contributed by atoms with Crippen LogP contribution in [0.25, 0.3) is 10.2 Å². The number of para-hydroxylation sites is 2. The molecule has 21 heavy (non-hydrogen) atoms. The van der Waals surface area contributed by atoms with Gasteiger partial charge in [0, 0.05) is 5.39 Å². The highest BCUT2D eigenvalue weighted by Gasteiger charge is 2.09. The summed E-state index contributed by atoms with van der Waals surface area (Å²) >= 11 is 7.67. The molecule has 6 heteroatoms. The molecule has 108 valence electrons. The number of fused-ring (bicyclic) bond motifs is 1. The normalized spacial score (nSPS) is 10.8. The number of halogens is 1. The molecule has 0 atom stereocenters. The first-order chi connectivity index (χ1) is 10.3. The van der Waals surface area contributed by atoms with Crippen LogP contribution in [0.3, 0.4) is 0 Å². The van der Waals surface area contributed by atoms with Gasteiger partial charge in [-0.2, -0.15) is 0 Å². The third-order valence-corrected chi connectivity index (χ3v) is 3.93. The van der Waals surface area contributed by atoms with Crippen molar-refractivity contribution in [1.82, 2.24) is 9.97 Å². The molecule has 0 unspecified atom stereocenters. The van der Waals surface area contributed by atoms with Crippen LogP contribution in [0.2, 0.25) is 5.15 Å². The predicted molar refractivity (Wildman–Crippen MR) is 84.4 cm³/mol. The van der Waals surface area contributed by atoms with Gasteiger partial charge in [0.05, 0.1) is 6.61 Å². The molecule has 0 aliphatic rings. The number of thiophene rings is 1. The van der Waals surface area contributed by atoms with Gasteiger partial charge in [-0.25, -0.2) is 9.97 Å². The lowest BCUT2D eigenvalue weighted by Gasteiger charge is -2.11. The van der Waals surface area contributed by atoms with E-state index in [-0.39, 0.29) is 6.61 Å². The van der Waals surface area contributed by atoms with Gasteiger partial charge >= 0.3 is 0 Å². The maximum Gasteiger partial charge on any atom is 0.169 e. The average Bonchev–Trinajstić information content (AvgIpc) is 2.96. The minimum Gasteiger partial charge on any atom is -0.490 e. The highest BCUT2D eigenvalue weighted by atomic mass is 35.5. The Labute approximate surface area is 131 Å². The van der Waals surface area contributed by atoms with Gasteiger partial charge in [0.1, 0.15) is 16.6 Å². The van der Waals surface area contributed by atoms with E-state index in [0.29, 0.717) is 29.1 Å². The van der Waals surface area contributed by atoms with Gasteiger partial charge in [-0.3, -0.25) is 0 Å². The van der Waals surface area contributed by atoms with E-state index in [1.807, 2.05) is 42.6 Å². The summed E-state index contributed by atoms with van der Waals surface area (Å²) in [4.78, 5) is 9.57. The summed E-state index contributed by atoms with van der Waals surface area (Å²) in [6.07, 6.45) is 0. The van der Waals surface area contributed by atoms with E-state index in [0.717, 1.165) is 10.2 Å². The van der Waals surface area contributed by atoms with Crippen molar-refractivity contribution in [3.8, 4) is 11.5 Å². The molecule has 3 aromatic rings. The van der Waals surface area contributed by atoms with Gasteiger partial charge in [-0.15, -0.1) is 11.3 Å². The number of rotatable bonds is 5. The zero-order valence-electron chi connectivity index (χ0n) is 11.4. The van der Waals surface area contributed by atoms with E-state index in [2.05, 4.69) is 9.97 Å². The first kappa shape index (κ1) is 14.1. The number of nitrogens with zero attached hydrogens (tertiary/aromatic N) is 2. The van der Waals surface area contributed by atoms with Crippen LogP contribution in [0.4, 0.5) is 0 Å². The number of hydrogen-bond acceptors (Lipinski definition) is 5. The maximum absolute atomic E-state index is 6.14. The summed E-state index contributed by atoms with van der Waals surface area (Å²) in [5, 5.41) is 3.28. The molecule has 2 heterocycles. The molecule has 0 aliphatic heterocycles. The summed E-state index contributed by atoms with van der Waals surface area (Å²) in [7, 11) is 0. The van der Waals surface area contributed by atoms with Gasteiger partial charge in [0.25, 0.3) is 0 Å². The molecule has 2 aromatic heterocycles. The maximum atomic E-state index is 6.14. The zero-order valence-corrected chi connectivity index (χ0v) is 12.9. The molecule has 4 nitrogen and oxygen atoms in total. The van der Waals surface area contributed by atoms with Gasteiger partial charge < -0.3 is 9.47 Å². The number of ether oxygens (including phenoxy) is 2. The molecule has 0 radical (unpaired) electrons. The van der Waals surface area contributed by atoms with Crippen LogP contribution in [0.1, 0.15) is 12.7 Å². The molecule has 0 amide bonds. The standard InChI is InChI=1S/C15H13ClN2O2S/c1-2-19-11-5-3-4-6-12(11)20-9-13-17-14(16)10-7-8-21-15(10)18-13/h3-8H,2,9H2,1H3. The number of benzene rings is 1. The van der Waals surface area contributed by atoms with Crippen LogP contribution < -0.4 is 9.47 Å². The van der Waals surface area contributed by atoms with E-state index in [1.54, 1.807) is 0 Å². The van der Waals surface area contributed by atoms with Crippen LogP contribution in [-0.4, -0.2) is 16.6 Å². The lowest BCUT2D eigenvalue weighted by atomic mass is 10.3. The second-order valence-electron chi connectivity index (χ2n) is 4.24. The largest absolute Gasteiger partial charge is 0.490 e. The Bertz CT molecular complexity index is 760. The third-order valence-electron chi connectivity index (χ3n) is 2.83. The highest BCUT2D eigenvalue weighted by molar-refractivity contribution is 7.16. The van der Waals surface area contributed by atoms with Crippen molar-refractivity contribution in [2.24, 2.45) is 0 Å². The number of aromatic nitrogens is 2. The first-order valence-electron chi connectivity index (χ1n) is 6.52. The second kappa shape index (κ2) is 6.28. The number of hydrogen-bond donors (Lipinski definition) is 0. The molecule has 0 saturated heterocycles. The average molecular weight is 321 g/mol. The van der Waals surface area contributed by atoms with Gasteiger partial charge in [-0.05, 0) is 30.5 Å². The highest BCUT2D eigenvalue weighted by Crippen LogP contribution is 2.28. The Morgan fingerprint density at radius 2 is 1.86 bits per heavy atom.